The molecule has 0 fully saturated rings. The molecule has 5 nitrogen and oxygen atoms in total. The van der Waals surface area contributed by atoms with E-state index in [1.54, 1.807) is 0 Å². The third kappa shape index (κ3) is 68.1. The Labute approximate surface area is 500 Å². The second-order valence-electron chi connectivity index (χ2n) is 24.3. The number of unbranched alkanes of at least 4 members (excludes halogenated alkanes) is 49. The van der Waals surface area contributed by atoms with Crippen LogP contribution < -0.4 is 0 Å². The van der Waals surface area contributed by atoms with Gasteiger partial charge in [-0.25, -0.2) is 0 Å². The maximum absolute atomic E-state index is 12.4. The topological polar surface area (TPSA) is 72.8 Å². The Balaban J connectivity index is 3.38. The van der Waals surface area contributed by atoms with E-state index in [1.165, 1.54) is 295 Å². The molecule has 0 aliphatic carbocycles. The molecule has 0 aliphatic rings. The maximum atomic E-state index is 12.4. The molecule has 0 aromatic rings. The van der Waals surface area contributed by atoms with E-state index in [9.17, 15) is 14.7 Å². The Hall–Kier alpha value is -2.40. The highest BCUT2D eigenvalue weighted by molar-refractivity contribution is 5.70. The van der Waals surface area contributed by atoms with E-state index >= 15 is 0 Å². The van der Waals surface area contributed by atoms with Crippen LogP contribution in [0.5, 0.6) is 0 Å². The Kier molecular flexibility index (Phi) is 68.7. The van der Waals surface area contributed by atoms with Crippen LogP contribution in [0, 0.1) is 0 Å². The molecule has 0 radical (unpaired) electrons. The zero-order chi connectivity index (χ0) is 57.6. The number of hydrogen-bond donors (Lipinski definition) is 1. The Morgan fingerprint density at radius 2 is 0.537 bits per heavy atom. The van der Waals surface area contributed by atoms with Gasteiger partial charge in [0.2, 0.25) is 0 Å². The Morgan fingerprint density at radius 3 is 0.825 bits per heavy atom. The Bertz CT molecular complexity index is 1360. The first kappa shape index (κ1) is 77.6. The van der Waals surface area contributed by atoms with Crippen LogP contribution >= 0.6 is 0 Å². The quantitative estimate of drug-likeness (QED) is 0.0373. The number of hydrogen-bond acceptors (Lipinski definition) is 5. The highest BCUT2D eigenvalue weighted by Gasteiger charge is 2.16. The minimum atomic E-state index is -0.771. The lowest BCUT2D eigenvalue weighted by Crippen LogP contribution is -2.28. The number of rotatable bonds is 67. The van der Waals surface area contributed by atoms with Gasteiger partial charge in [-0.2, -0.15) is 0 Å². The smallest absolute Gasteiger partial charge is 0.306 e. The number of ether oxygens (including phenoxy) is 2. The van der Waals surface area contributed by atoms with Crippen LogP contribution in [-0.4, -0.2) is 36.4 Å². The van der Waals surface area contributed by atoms with Crippen molar-refractivity contribution in [1.82, 2.24) is 0 Å². The minimum absolute atomic E-state index is 0.0602. The standard InChI is InChI=1S/C75H138O5/c1-3-5-7-9-11-13-15-17-19-21-23-25-27-29-31-32-33-34-35-36-37-38-39-40-41-42-44-46-48-50-52-54-56-58-60-62-64-66-68-70-75(78)80-73(71-76)72-79-74(77)69-67-65-63-61-59-57-55-53-51-49-47-45-43-30-28-26-24-22-20-18-16-14-12-10-8-6-4-2/h5,7,11,13,17,19,22-25,73,76H,3-4,6,8-10,12,14-16,18,20-21,26-72H2,1-2H3/b7-5-,13-11-,19-17-,24-22-,25-23-. The van der Waals surface area contributed by atoms with Gasteiger partial charge in [0.15, 0.2) is 6.10 Å². The summed E-state index contributed by atoms with van der Waals surface area (Å²) in [5.41, 5.74) is 0. The highest BCUT2D eigenvalue weighted by Crippen LogP contribution is 2.19. The van der Waals surface area contributed by atoms with Crippen molar-refractivity contribution in [2.75, 3.05) is 13.2 Å². The van der Waals surface area contributed by atoms with Crippen LogP contribution in [0.1, 0.15) is 386 Å². The fraction of sp³-hybridized carbons (Fsp3) is 0.840. The summed E-state index contributed by atoms with van der Waals surface area (Å²) in [7, 11) is 0. The van der Waals surface area contributed by atoms with Crippen molar-refractivity contribution in [2.45, 2.75) is 392 Å². The molecular formula is C75H138O5. The maximum Gasteiger partial charge on any atom is 0.306 e. The lowest BCUT2D eigenvalue weighted by atomic mass is 10.0. The molecule has 0 aromatic heterocycles. The van der Waals surface area contributed by atoms with Crippen LogP contribution in [0.4, 0.5) is 0 Å². The molecule has 0 aromatic carbocycles. The zero-order valence-corrected chi connectivity index (χ0v) is 53.9. The zero-order valence-electron chi connectivity index (χ0n) is 53.9. The van der Waals surface area contributed by atoms with Gasteiger partial charge in [0.25, 0.3) is 0 Å². The lowest BCUT2D eigenvalue weighted by Gasteiger charge is -2.15. The van der Waals surface area contributed by atoms with Gasteiger partial charge in [-0.15, -0.1) is 0 Å². The molecule has 0 heterocycles. The van der Waals surface area contributed by atoms with Crippen molar-refractivity contribution in [3.8, 4) is 0 Å². The number of aliphatic hydroxyl groups is 1. The average Bonchev–Trinajstić information content (AvgIpc) is 3.46. The third-order valence-corrected chi connectivity index (χ3v) is 16.3. The number of allylic oxidation sites excluding steroid dienone is 10. The second-order valence-corrected chi connectivity index (χ2v) is 24.3. The summed E-state index contributed by atoms with van der Waals surface area (Å²) in [5, 5.41) is 9.70. The largest absolute Gasteiger partial charge is 0.462 e. The average molecular weight is 1120 g/mol. The van der Waals surface area contributed by atoms with Gasteiger partial charge in [-0.05, 0) is 77.0 Å². The molecule has 0 saturated carbocycles. The number of aliphatic hydroxyl groups excluding tert-OH is 1. The second kappa shape index (κ2) is 70.9. The van der Waals surface area contributed by atoms with E-state index < -0.39 is 6.10 Å². The molecule has 5 heteroatoms. The van der Waals surface area contributed by atoms with Crippen molar-refractivity contribution in [2.24, 2.45) is 0 Å². The number of carbonyl (C=O) groups is 2. The van der Waals surface area contributed by atoms with E-state index in [4.69, 9.17) is 9.47 Å². The fourth-order valence-electron chi connectivity index (χ4n) is 11.0. The molecule has 0 saturated heterocycles. The van der Waals surface area contributed by atoms with Crippen molar-refractivity contribution < 1.29 is 24.2 Å². The molecule has 0 bridgehead atoms. The molecule has 80 heavy (non-hydrogen) atoms. The minimum Gasteiger partial charge on any atom is -0.462 e. The summed E-state index contributed by atoms with van der Waals surface area (Å²) >= 11 is 0. The van der Waals surface area contributed by atoms with Gasteiger partial charge in [-0.3, -0.25) is 9.59 Å². The summed E-state index contributed by atoms with van der Waals surface area (Å²) in [6.45, 7) is 4.08. The van der Waals surface area contributed by atoms with Crippen LogP contribution in [0.3, 0.4) is 0 Å². The van der Waals surface area contributed by atoms with Gasteiger partial charge in [0.1, 0.15) is 6.61 Å². The van der Waals surface area contributed by atoms with E-state index in [-0.39, 0.29) is 25.2 Å². The van der Waals surface area contributed by atoms with Crippen LogP contribution in [0.25, 0.3) is 0 Å². The van der Waals surface area contributed by atoms with Crippen LogP contribution in [-0.2, 0) is 19.1 Å². The third-order valence-electron chi connectivity index (χ3n) is 16.3. The molecule has 1 unspecified atom stereocenters. The number of esters is 2. The summed E-state index contributed by atoms with van der Waals surface area (Å²) < 4.78 is 10.8. The van der Waals surface area contributed by atoms with Crippen molar-refractivity contribution in [1.29, 1.82) is 0 Å². The predicted octanol–water partition coefficient (Wildman–Crippen LogP) is 24.9. The van der Waals surface area contributed by atoms with E-state index in [0.717, 1.165) is 64.2 Å². The Morgan fingerprint density at radius 1 is 0.300 bits per heavy atom. The monoisotopic (exact) mass is 1120 g/mol. The van der Waals surface area contributed by atoms with Crippen LogP contribution in [0.2, 0.25) is 0 Å². The predicted molar refractivity (Wildman–Crippen MR) is 353 cm³/mol. The molecule has 468 valence electrons. The van der Waals surface area contributed by atoms with Crippen molar-refractivity contribution in [3.05, 3.63) is 60.8 Å². The molecule has 0 rings (SSSR count). The first-order chi connectivity index (χ1) is 39.6. The first-order valence-corrected chi connectivity index (χ1v) is 35.8. The van der Waals surface area contributed by atoms with Gasteiger partial charge in [-0.1, -0.05) is 357 Å². The normalized spacial score (nSPS) is 12.5. The van der Waals surface area contributed by atoms with Gasteiger partial charge >= 0.3 is 11.9 Å². The van der Waals surface area contributed by atoms with Gasteiger partial charge < -0.3 is 14.6 Å². The van der Waals surface area contributed by atoms with Crippen molar-refractivity contribution >= 4 is 11.9 Å². The van der Waals surface area contributed by atoms with Crippen molar-refractivity contribution in [3.63, 3.8) is 0 Å². The molecule has 0 aliphatic heterocycles. The highest BCUT2D eigenvalue weighted by atomic mass is 16.6. The summed E-state index contributed by atoms with van der Waals surface area (Å²) in [6, 6.07) is 0. The molecule has 1 N–H and O–H groups in total. The first-order valence-electron chi connectivity index (χ1n) is 35.8. The number of carbonyl (C=O) groups excluding carboxylic acids is 2. The molecular weight excluding hydrogens is 981 g/mol. The summed E-state index contributed by atoms with van der Waals surface area (Å²) in [5.74, 6) is -0.567. The van der Waals surface area contributed by atoms with Crippen LogP contribution in [0.15, 0.2) is 60.8 Å². The summed E-state index contributed by atoms with van der Waals surface area (Å²) in [4.78, 5) is 24.7. The van der Waals surface area contributed by atoms with E-state index in [2.05, 4.69) is 74.6 Å². The van der Waals surface area contributed by atoms with E-state index in [0.29, 0.717) is 12.8 Å². The SMILES string of the molecule is CC/C=C\C/C=C\C/C=C\C/C=C\CCCCCCCCCCCCCCCCCCCCCCCCCCCCC(=O)OC(CO)COC(=O)CCCCCCCCCCCCCCCCC/C=C\CCCCCCCCCC. The molecule has 0 spiro atoms. The van der Waals surface area contributed by atoms with Gasteiger partial charge in [0.05, 0.1) is 6.61 Å². The molecule has 0 amide bonds. The van der Waals surface area contributed by atoms with Gasteiger partial charge in [0, 0.05) is 12.8 Å². The lowest BCUT2D eigenvalue weighted by molar-refractivity contribution is -0.161. The van der Waals surface area contributed by atoms with E-state index in [1.807, 2.05) is 0 Å². The summed E-state index contributed by atoms with van der Waals surface area (Å²) in [6.07, 6.45) is 97.0. The fourth-order valence-corrected chi connectivity index (χ4v) is 11.0. The molecule has 1 atom stereocenters.